The Morgan fingerprint density at radius 3 is 2.37 bits per heavy atom. The van der Waals surface area contributed by atoms with Crippen molar-refractivity contribution in [2.24, 2.45) is 0 Å². The molecule has 3 atom stereocenters. The van der Waals surface area contributed by atoms with Gasteiger partial charge in [0.05, 0.1) is 16.6 Å². The summed E-state index contributed by atoms with van der Waals surface area (Å²) < 4.78 is 43.7. The van der Waals surface area contributed by atoms with E-state index in [2.05, 4.69) is 4.98 Å². The average molecular weight is 554 g/mol. The summed E-state index contributed by atoms with van der Waals surface area (Å²) in [6.45, 7) is 3.48. The molecule has 0 spiro atoms. The van der Waals surface area contributed by atoms with Crippen molar-refractivity contribution in [2.45, 2.75) is 56.4 Å². The number of hydrogen-bond donors (Lipinski definition) is 2. The Balaban J connectivity index is 1.49. The lowest BCUT2D eigenvalue weighted by Crippen LogP contribution is -2.32. The van der Waals surface area contributed by atoms with Crippen LogP contribution in [-0.4, -0.2) is 77.8 Å². The summed E-state index contributed by atoms with van der Waals surface area (Å²) in [5.74, 6) is -1.74. The van der Waals surface area contributed by atoms with Crippen molar-refractivity contribution in [3.63, 3.8) is 0 Å². The van der Waals surface area contributed by atoms with Gasteiger partial charge in [-0.15, -0.1) is 0 Å². The molecule has 0 aliphatic carbocycles. The zero-order valence-electron chi connectivity index (χ0n) is 21.1. The first kappa shape index (κ1) is 29.2. The number of H-pyrrole nitrogens is 1. The van der Waals surface area contributed by atoms with Crippen LogP contribution in [0.2, 0.25) is 0 Å². The number of aromatic amines is 1. The Hall–Kier alpha value is -3.33. The molecule has 2 heterocycles. The van der Waals surface area contributed by atoms with Crippen molar-refractivity contribution in [2.75, 3.05) is 26.3 Å². The van der Waals surface area contributed by atoms with Crippen LogP contribution < -0.4 is 11.2 Å². The predicted octanol–water partition coefficient (Wildman–Crippen LogP) is 0.396. The summed E-state index contributed by atoms with van der Waals surface area (Å²) in [5.41, 5.74) is -1.22. The maximum atomic E-state index is 12.8. The van der Waals surface area contributed by atoms with E-state index in [4.69, 9.17) is 14.2 Å². The molecule has 13 nitrogen and oxygen atoms in total. The lowest BCUT2D eigenvalue weighted by atomic mass is 10.2. The van der Waals surface area contributed by atoms with Crippen LogP contribution in [-0.2, 0) is 29.0 Å². The number of nitrogens with zero attached hydrogens (tertiary/aromatic N) is 2. The van der Waals surface area contributed by atoms with Crippen LogP contribution in [0.3, 0.4) is 0 Å². The summed E-state index contributed by atoms with van der Waals surface area (Å²) in [6, 6.07) is 6.37. The molecule has 0 amide bonds. The first-order valence-corrected chi connectivity index (χ1v) is 13.6. The van der Waals surface area contributed by atoms with E-state index in [-0.39, 0.29) is 23.5 Å². The summed E-state index contributed by atoms with van der Waals surface area (Å²) >= 11 is 0. The third-order valence-electron chi connectivity index (χ3n) is 5.77. The fourth-order valence-electron chi connectivity index (χ4n) is 3.88. The van der Waals surface area contributed by atoms with Crippen molar-refractivity contribution < 1.29 is 37.3 Å². The number of aliphatic hydroxyl groups is 1. The van der Waals surface area contributed by atoms with E-state index in [0.717, 1.165) is 10.6 Å². The summed E-state index contributed by atoms with van der Waals surface area (Å²) in [7, 11) is -3.70. The van der Waals surface area contributed by atoms with E-state index < -0.39 is 58.3 Å². The van der Waals surface area contributed by atoms with Gasteiger partial charge in [0.2, 0.25) is 10.0 Å². The van der Waals surface area contributed by atoms with Crippen LogP contribution in [0.4, 0.5) is 0 Å². The second kappa shape index (κ2) is 13.0. The number of nitrogens with one attached hydrogen (secondary N) is 1. The normalized spacial score (nSPS) is 19.4. The largest absolute Gasteiger partial charge is 0.460 e. The Morgan fingerprint density at radius 1 is 1.11 bits per heavy atom. The number of esters is 2. The Labute approximate surface area is 219 Å². The molecular formula is C24H31N3O10S. The van der Waals surface area contributed by atoms with Crippen molar-refractivity contribution in [3.8, 4) is 0 Å². The van der Waals surface area contributed by atoms with Gasteiger partial charge in [-0.2, -0.15) is 4.31 Å². The third-order valence-corrected chi connectivity index (χ3v) is 7.68. The molecule has 1 aromatic carbocycles. The molecule has 38 heavy (non-hydrogen) atoms. The lowest BCUT2D eigenvalue weighted by Gasteiger charge is -2.21. The lowest BCUT2D eigenvalue weighted by molar-refractivity contribution is -0.153. The van der Waals surface area contributed by atoms with E-state index in [1.807, 2.05) is 13.8 Å². The number of benzene rings is 1. The summed E-state index contributed by atoms with van der Waals surface area (Å²) in [4.78, 5) is 49.6. The SMILES string of the molecule is CCCN(CCC)S(=O)(=O)c1ccc(C(=O)OCC(=O)OC[C@H]2O[C@@H](n3ccc(=O)[nH]c3=O)C[C@@H]2O)cc1. The zero-order chi connectivity index (χ0) is 27.9. The molecule has 0 bridgehead atoms. The maximum absolute atomic E-state index is 12.8. The van der Waals surface area contributed by atoms with Crippen molar-refractivity contribution in [1.82, 2.24) is 13.9 Å². The maximum Gasteiger partial charge on any atom is 0.344 e. The van der Waals surface area contributed by atoms with Gasteiger partial charge in [0, 0.05) is 31.8 Å². The minimum absolute atomic E-state index is 0.0313. The first-order valence-electron chi connectivity index (χ1n) is 12.1. The number of aliphatic hydroxyl groups excluding tert-OH is 1. The van der Waals surface area contributed by atoms with E-state index in [0.29, 0.717) is 25.9 Å². The van der Waals surface area contributed by atoms with E-state index in [1.54, 1.807) is 0 Å². The molecule has 14 heteroatoms. The van der Waals surface area contributed by atoms with Gasteiger partial charge in [-0.3, -0.25) is 14.3 Å². The highest BCUT2D eigenvalue weighted by atomic mass is 32.2. The molecule has 3 rings (SSSR count). The molecule has 0 unspecified atom stereocenters. The van der Waals surface area contributed by atoms with Gasteiger partial charge in [-0.1, -0.05) is 13.8 Å². The molecule has 1 aromatic heterocycles. The molecule has 1 aliphatic rings. The molecule has 0 radical (unpaired) electrons. The van der Waals surface area contributed by atoms with Gasteiger partial charge >= 0.3 is 17.6 Å². The van der Waals surface area contributed by atoms with Crippen LogP contribution >= 0.6 is 0 Å². The number of aromatic nitrogens is 2. The predicted molar refractivity (Wildman–Crippen MR) is 133 cm³/mol. The third kappa shape index (κ3) is 7.16. The van der Waals surface area contributed by atoms with E-state index >= 15 is 0 Å². The molecule has 0 saturated carbocycles. The number of carbonyl (C=O) groups is 2. The van der Waals surface area contributed by atoms with Gasteiger partial charge in [0.1, 0.15) is 18.9 Å². The van der Waals surface area contributed by atoms with Crippen molar-refractivity contribution in [3.05, 3.63) is 62.9 Å². The Kier molecular flexibility index (Phi) is 9.96. The van der Waals surface area contributed by atoms with Gasteiger partial charge in [0.25, 0.3) is 5.56 Å². The number of rotatable bonds is 12. The number of hydrogen-bond acceptors (Lipinski definition) is 10. The minimum Gasteiger partial charge on any atom is -0.460 e. The fraction of sp³-hybridized carbons (Fsp3) is 0.500. The Morgan fingerprint density at radius 2 is 1.76 bits per heavy atom. The first-order chi connectivity index (χ1) is 18.1. The van der Waals surface area contributed by atoms with Crippen LogP contribution in [0.15, 0.2) is 51.0 Å². The van der Waals surface area contributed by atoms with Gasteiger partial charge in [-0.25, -0.2) is 22.8 Å². The van der Waals surface area contributed by atoms with Crippen molar-refractivity contribution in [1.29, 1.82) is 0 Å². The highest BCUT2D eigenvalue weighted by Crippen LogP contribution is 2.27. The van der Waals surface area contributed by atoms with E-state index in [1.165, 1.54) is 34.8 Å². The molecular weight excluding hydrogens is 522 g/mol. The quantitative estimate of drug-likeness (QED) is 0.350. The van der Waals surface area contributed by atoms with Crippen LogP contribution in [0.1, 0.15) is 49.7 Å². The standard InChI is InChI=1S/C24H31N3O10S/c1-3-10-26(11-4-2)38(33,34)17-7-5-16(6-8-17)23(31)36-15-22(30)35-14-19-18(28)13-21(37-19)27-12-9-20(29)25-24(27)32/h5-9,12,18-19,21,28H,3-4,10-11,13-15H2,1-2H3,(H,25,29,32)/t18-,19+,21+/m0/s1. The second-order valence-corrected chi connectivity index (χ2v) is 10.6. The van der Waals surface area contributed by atoms with Crippen LogP contribution in [0, 0.1) is 0 Å². The molecule has 2 N–H and O–H groups in total. The van der Waals surface area contributed by atoms with Crippen molar-refractivity contribution >= 4 is 22.0 Å². The van der Waals surface area contributed by atoms with Gasteiger partial charge in [-0.05, 0) is 37.1 Å². The molecule has 1 saturated heterocycles. The summed E-state index contributed by atoms with van der Waals surface area (Å²) in [6.07, 6.45) is -0.242. The smallest absolute Gasteiger partial charge is 0.344 e. The van der Waals surface area contributed by atoms with Crippen LogP contribution in [0.25, 0.3) is 0 Å². The van der Waals surface area contributed by atoms with E-state index in [9.17, 15) is 32.7 Å². The number of ether oxygens (including phenoxy) is 3. The average Bonchev–Trinajstić information content (AvgIpc) is 3.25. The zero-order valence-corrected chi connectivity index (χ0v) is 21.9. The molecule has 208 valence electrons. The Bertz CT molecular complexity index is 1330. The highest BCUT2D eigenvalue weighted by Gasteiger charge is 2.36. The monoisotopic (exact) mass is 553 g/mol. The number of carbonyl (C=O) groups excluding carboxylic acids is 2. The number of sulfonamides is 1. The molecule has 2 aromatic rings. The van der Waals surface area contributed by atoms with Gasteiger partial charge in [0.15, 0.2) is 6.61 Å². The molecule has 1 fully saturated rings. The van der Waals surface area contributed by atoms with Gasteiger partial charge < -0.3 is 19.3 Å². The second-order valence-electron chi connectivity index (χ2n) is 8.64. The van der Waals surface area contributed by atoms with Crippen LogP contribution in [0.5, 0.6) is 0 Å². The summed E-state index contributed by atoms with van der Waals surface area (Å²) in [5, 5.41) is 10.2. The highest BCUT2D eigenvalue weighted by molar-refractivity contribution is 7.89. The molecule has 1 aliphatic heterocycles. The fourth-order valence-corrected chi connectivity index (χ4v) is 5.50. The minimum atomic E-state index is -3.70. The topological polar surface area (TPSA) is 174 Å².